The van der Waals surface area contributed by atoms with E-state index in [0.717, 1.165) is 20.3 Å². The van der Waals surface area contributed by atoms with E-state index in [0.29, 0.717) is 5.56 Å². The zero-order valence-electron chi connectivity index (χ0n) is 9.58. The van der Waals surface area contributed by atoms with Gasteiger partial charge in [-0.1, -0.05) is 15.9 Å². The zero-order valence-corrected chi connectivity index (χ0v) is 12.7. The van der Waals surface area contributed by atoms with Crippen molar-refractivity contribution in [1.82, 2.24) is 4.98 Å². The van der Waals surface area contributed by atoms with Crippen molar-refractivity contribution in [2.45, 2.75) is 6.92 Å². The third kappa shape index (κ3) is 2.97. The van der Waals surface area contributed by atoms with Gasteiger partial charge < -0.3 is 5.32 Å². The topological polar surface area (TPSA) is 42.0 Å². The Balaban J connectivity index is 2.28. The van der Waals surface area contributed by atoms with Gasteiger partial charge in [0.25, 0.3) is 5.91 Å². The highest BCUT2D eigenvalue weighted by Crippen LogP contribution is 2.23. The van der Waals surface area contributed by atoms with Gasteiger partial charge >= 0.3 is 0 Å². The maximum Gasteiger partial charge on any atom is 0.256 e. The molecule has 0 atom stereocenters. The van der Waals surface area contributed by atoms with Crippen LogP contribution >= 0.6 is 31.9 Å². The fourth-order valence-electron chi connectivity index (χ4n) is 1.48. The number of anilines is 1. The molecule has 92 valence electrons. The van der Waals surface area contributed by atoms with E-state index in [1.165, 1.54) is 0 Å². The first kappa shape index (κ1) is 13.2. The predicted octanol–water partition coefficient (Wildman–Crippen LogP) is 4.17. The quantitative estimate of drug-likeness (QED) is 0.863. The van der Waals surface area contributed by atoms with Gasteiger partial charge in [0.2, 0.25) is 0 Å². The summed E-state index contributed by atoms with van der Waals surface area (Å²) >= 11 is 6.72. The lowest BCUT2D eigenvalue weighted by atomic mass is 10.2. The lowest BCUT2D eigenvalue weighted by Crippen LogP contribution is -2.13. The molecule has 1 N–H and O–H groups in total. The molecule has 1 aromatic carbocycles. The first-order valence-electron chi connectivity index (χ1n) is 5.26. The van der Waals surface area contributed by atoms with Crippen molar-refractivity contribution in [3.05, 3.63) is 56.7 Å². The van der Waals surface area contributed by atoms with Crippen molar-refractivity contribution in [2.75, 3.05) is 5.32 Å². The van der Waals surface area contributed by atoms with Crippen LogP contribution in [0.5, 0.6) is 0 Å². The third-order valence-electron chi connectivity index (χ3n) is 2.43. The number of pyridine rings is 1. The van der Waals surface area contributed by atoms with E-state index in [4.69, 9.17) is 0 Å². The van der Waals surface area contributed by atoms with Crippen LogP contribution in [0.4, 0.5) is 5.69 Å². The molecular weight excluding hydrogens is 360 g/mol. The molecule has 2 rings (SSSR count). The molecule has 3 nitrogen and oxygen atoms in total. The Bertz CT molecular complexity index is 599. The lowest BCUT2D eigenvalue weighted by molar-refractivity contribution is 0.102. The monoisotopic (exact) mass is 368 g/mol. The molecule has 5 heteroatoms. The number of carbonyl (C=O) groups excluding carboxylic acids is 1. The molecule has 1 amide bonds. The van der Waals surface area contributed by atoms with E-state index in [9.17, 15) is 4.79 Å². The van der Waals surface area contributed by atoms with E-state index in [1.807, 2.05) is 25.1 Å². The van der Waals surface area contributed by atoms with Crippen molar-refractivity contribution in [3.63, 3.8) is 0 Å². The average Bonchev–Trinajstić information content (AvgIpc) is 2.35. The minimum Gasteiger partial charge on any atom is -0.320 e. The summed E-state index contributed by atoms with van der Waals surface area (Å²) in [6.07, 6.45) is 1.69. The largest absolute Gasteiger partial charge is 0.320 e. The molecular formula is C13H10Br2N2O. The fraction of sp³-hybridized carbons (Fsp3) is 0.0769. The first-order valence-corrected chi connectivity index (χ1v) is 6.84. The number of benzene rings is 1. The number of nitrogens with one attached hydrogen (secondary N) is 1. The van der Waals surface area contributed by atoms with Crippen LogP contribution < -0.4 is 5.32 Å². The molecule has 18 heavy (non-hydrogen) atoms. The third-order valence-corrected chi connectivity index (χ3v) is 3.61. The minimum atomic E-state index is -0.167. The van der Waals surface area contributed by atoms with Crippen LogP contribution in [0.1, 0.15) is 16.1 Å². The van der Waals surface area contributed by atoms with Crippen LogP contribution in [0.3, 0.4) is 0 Å². The number of nitrogens with zero attached hydrogens (tertiary/aromatic N) is 1. The van der Waals surface area contributed by atoms with Crippen molar-refractivity contribution >= 4 is 43.5 Å². The summed E-state index contributed by atoms with van der Waals surface area (Å²) in [7, 11) is 0. The van der Waals surface area contributed by atoms with E-state index in [1.54, 1.807) is 18.3 Å². The normalized spacial score (nSPS) is 10.2. The number of rotatable bonds is 2. The Morgan fingerprint density at radius 3 is 2.78 bits per heavy atom. The summed E-state index contributed by atoms with van der Waals surface area (Å²) in [5.74, 6) is -0.167. The Labute approximate surface area is 122 Å². The molecule has 2 aromatic rings. The Morgan fingerprint density at radius 1 is 1.28 bits per heavy atom. The number of hydrogen-bond donors (Lipinski definition) is 1. The lowest BCUT2D eigenvalue weighted by Gasteiger charge is -2.09. The van der Waals surface area contributed by atoms with E-state index >= 15 is 0 Å². The first-order chi connectivity index (χ1) is 8.58. The average molecular weight is 370 g/mol. The van der Waals surface area contributed by atoms with Gasteiger partial charge in [-0.2, -0.15) is 0 Å². The van der Waals surface area contributed by atoms with Gasteiger partial charge in [0.1, 0.15) is 0 Å². The Hall–Kier alpha value is -1.20. The van der Waals surface area contributed by atoms with Gasteiger partial charge in [0.05, 0.1) is 16.9 Å². The molecule has 0 unspecified atom stereocenters. The van der Waals surface area contributed by atoms with Gasteiger partial charge in [-0.3, -0.25) is 9.78 Å². The molecule has 0 radical (unpaired) electrons. The Morgan fingerprint density at radius 2 is 2.06 bits per heavy atom. The van der Waals surface area contributed by atoms with Crippen LogP contribution in [0.15, 0.2) is 45.5 Å². The molecule has 0 aliphatic rings. The highest BCUT2D eigenvalue weighted by molar-refractivity contribution is 9.11. The fourth-order valence-corrected chi connectivity index (χ4v) is 2.27. The van der Waals surface area contributed by atoms with Crippen LogP contribution in [0.2, 0.25) is 0 Å². The van der Waals surface area contributed by atoms with Crippen molar-refractivity contribution in [1.29, 1.82) is 0 Å². The van der Waals surface area contributed by atoms with Gasteiger partial charge in [-0.25, -0.2) is 0 Å². The van der Waals surface area contributed by atoms with Crippen LogP contribution in [-0.2, 0) is 0 Å². The number of amides is 1. The van der Waals surface area contributed by atoms with E-state index in [-0.39, 0.29) is 5.91 Å². The summed E-state index contributed by atoms with van der Waals surface area (Å²) in [5.41, 5.74) is 2.08. The molecule has 0 spiro atoms. The summed E-state index contributed by atoms with van der Waals surface area (Å²) in [5, 5.41) is 2.84. The number of aromatic nitrogens is 1. The number of halogens is 2. The van der Waals surface area contributed by atoms with Crippen molar-refractivity contribution < 1.29 is 4.79 Å². The zero-order chi connectivity index (χ0) is 13.1. The summed E-state index contributed by atoms with van der Waals surface area (Å²) in [6, 6.07) is 9.08. The number of hydrogen-bond acceptors (Lipinski definition) is 2. The van der Waals surface area contributed by atoms with Crippen LogP contribution in [0, 0.1) is 6.92 Å². The summed E-state index contributed by atoms with van der Waals surface area (Å²) in [6.45, 7) is 1.85. The Kier molecular flexibility index (Phi) is 4.14. The second kappa shape index (κ2) is 5.63. The predicted molar refractivity (Wildman–Crippen MR) is 78.8 cm³/mol. The number of aryl methyl sites for hydroxylation is 1. The molecule has 0 fully saturated rings. The summed E-state index contributed by atoms with van der Waals surface area (Å²) in [4.78, 5) is 16.3. The molecule has 1 aromatic heterocycles. The highest BCUT2D eigenvalue weighted by atomic mass is 79.9. The molecule has 1 heterocycles. The number of carbonyl (C=O) groups is 1. The van der Waals surface area contributed by atoms with E-state index in [2.05, 4.69) is 42.2 Å². The minimum absolute atomic E-state index is 0.167. The maximum atomic E-state index is 12.1. The molecule has 0 aliphatic carbocycles. The van der Waals surface area contributed by atoms with Crippen LogP contribution in [0.25, 0.3) is 0 Å². The van der Waals surface area contributed by atoms with Crippen LogP contribution in [-0.4, -0.2) is 10.9 Å². The van der Waals surface area contributed by atoms with Crippen molar-refractivity contribution in [3.8, 4) is 0 Å². The second-order valence-corrected chi connectivity index (χ2v) is 5.48. The second-order valence-electron chi connectivity index (χ2n) is 3.71. The standard InChI is InChI=1S/C13H10Br2N2O/c1-8-12(3-2-6-16-8)17-13(18)10-7-9(14)4-5-11(10)15/h2-7H,1H3,(H,17,18). The molecule has 0 aliphatic heterocycles. The van der Waals surface area contributed by atoms with Gasteiger partial charge in [0.15, 0.2) is 0 Å². The maximum absolute atomic E-state index is 12.1. The van der Waals surface area contributed by atoms with Gasteiger partial charge in [-0.15, -0.1) is 0 Å². The molecule has 0 saturated heterocycles. The SMILES string of the molecule is Cc1ncccc1NC(=O)c1cc(Br)ccc1Br. The van der Waals surface area contributed by atoms with E-state index < -0.39 is 0 Å². The highest BCUT2D eigenvalue weighted by Gasteiger charge is 2.11. The molecule has 0 saturated carbocycles. The van der Waals surface area contributed by atoms with Gasteiger partial charge in [-0.05, 0) is 53.2 Å². The smallest absolute Gasteiger partial charge is 0.256 e. The van der Waals surface area contributed by atoms with Crippen molar-refractivity contribution in [2.24, 2.45) is 0 Å². The summed E-state index contributed by atoms with van der Waals surface area (Å²) < 4.78 is 1.61. The molecule has 0 bridgehead atoms. The van der Waals surface area contributed by atoms with Gasteiger partial charge in [0, 0.05) is 15.1 Å².